The Hall–Kier alpha value is -3.61. The van der Waals surface area contributed by atoms with Gasteiger partial charge in [0.2, 0.25) is 0 Å². The van der Waals surface area contributed by atoms with Crippen LogP contribution >= 0.6 is 0 Å². The van der Waals surface area contributed by atoms with Gasteiger partial charge in [-0.2, -0.15) is 0 Å². The van der Waals surface area contributed by atoms with Gasteiger partial charge in [0, 0.05) is 55.3 Å². The third kappa shape index (κ3) is 4.23. The summed E-state index contributed by atoms with van der Waals surface area (Å²) in [4.78, 5) is 33.9. The van der Waals surface area contributed by atoms with Gasteiger partial charge in [0.1, 0.15) is 11.6 Å². The number of pyridine rings is 1. The molecule has 1 fully saturated rings. The molecule has 1 aromatic heterocycles. The first-order valence-corrected chi connectivity index (χ1v) is 10.9. The standard InChI is InChI=1S/C25H28N4O3/c1-17-16-28(25(31)19-8-5-4-6-9-19)14-15-29(17)24(30)18(2)32-22-11-7-10-21-20(22)12-13-27-23(21)26-3/h4-13,17-18H,14-16H2,1-3H3,(H,26,27)/t17-,18+/m1/s1. The van der Waals surface area contributed by atoms with E-state index in [0.717, 1.165) is 16.6 Å². The van der Waals surface area contributed by atoms with Crippen molar-refractivity contribution in [1.29, 1.82) is 0 Å². The Morgan fingerprint density at radius 3 is 2.56 bits per heavy atom. The number of hydrogen-bond donors (Lipinski definition) is 1. The lowest BCUT2D eigenvalue weighted by atomic mass is 10.1. The molecule has 1 saturated heterocycles. The number of amides is 2. The van der Waals surface area contributed by atoms with Crippen LogP contribution < -0.4 is 10.1 Å². The van der Waals surface area contributed by atoms with Gasteiger partial charge in [0.25, 0.3) is 11.8 Å². The fourth-order valence-corrected chi connectivity index (χ4v) is 4.19. The molecule has 166 valence electrons. The Morgan fingerprint density at radius 1 is 1.06 bits per heavy atom. The maximum absolute atomic E-state index is 13.2. The number of carbonyl (C=O) groups excluding carboxylic acids is 2. The summed E-state index contributed by atoms with van der Waals surface area (Å²) in [7, 11) is 1.82. The van der Waals surface area contributed by atoms with Crippen molar-refractivity contribution in [3.05, 3.63) is 66.4 Å². The molecule has 0 saturated carbocycles. The Morgan fingerprint density at radius 2 is 1.84 bits per heavy atom. The topological polar surface area (TPSA) is 74.8 Å². The Balaban J connectivity index is 1.44. The van der Waals surface area contributed by atoms with E-state index in [-0.39, 0.29) is 17.9 Å². The highest BCUT2D eigenvalue weighted by Crippen LogP contribution is 2.30. The Bertz CT molecular complexity index is 1120. The van der Waals surface area contributed by atoms with E-state index in [9.17, 15) is 9.59 Å². The van der Waals surface area contributed by atoms with Crippen LogP contribution in [-0.2, 0) is 4.79 Å². The van der Waals surface area contributed by atoms with Crippen LogP contribution in [0.25, 0.3) is 10.8 Å². The Labute approximate surface area is 188 Å². The third-order valence-electron chi connectivity index (χ3n) is 5.87. The lowest BCUT2D eigenvalue weighted by Gasteiger charge is -2.40. The average molecular weight is 433 g/mol. The highest BCUT2D eigenvalue weighted by Gasteiger charge is 2.33. The van der Waals surface area contributed by atoms with Crippen molar-refractivity contribution in [2.24, 2.45) is 0 Å². The molecule has 7 heteroatoms. The van der Waals surface area contributed by atoms with Crippen molar-refractivity contribution in [1.82, 2.24) is 14.8 Å². The molecule has 0 radical (unpaired) electrons. The van der Waals surface area contributed by atoms with Gasteiger partial charge in [-0.05, 0) is 38.1 Å². The van der Waals surface area contributed by atoms with Crippen molar-refractivity contribution in [2.75, 3.05) is 32.0 Å². The second kappa shape index (κ2) is 9.26. The summed E-state index contributed by atoms with van der Waals surface area (Å²) >= 11 is 0. The van der Waals surface area contributed by atoms with Crippen molar-refractivity contribution in [2.45, 2.75) is 26.0 Å². The fraction of sp³-hybridized carbons (Fsp3) is 0.320. The minimum absolute atomic E-state index is 0.00134. The zero-order valence-corrected chi connectivity index (χ0v) is 18.6. The molecule has 1 N–H and O–H groups in total. The minimum Gasteiger partial charge on any atom is -0.480 e. The molecule has 32 heavy (non-hydrogen) atoms. The molecular formula is C25H28N4O3. The zero-order chi connectivity index (χ0) is 22.7. The van der Waals surface area contributed by atoms with Crippen LogP contribution in [0.4, 0.5) is 5.82 Å². The van der Waals surface area contributed by atoms with Crippen LogP contribution in [0.2, 0.25) is 0 Å². The van der Waals surface area contributed by atoms with Crippen LogP contribution in [-0.4, -0.2) is 65.4 Å². The Kier molecular flexibility index (Phi) is 6.25. The second-order valence-electron chi connectivity index (χ2n) is 8.02. The SMILES string of the molecule is CNc1nccc2c(O[C@@H](C)C(=O)N3CCN(C(=O)c4ccccc4)C[C@H]3C)cccc12. The van der Waals surface area contributed by atoms with Gasteiger partial charge in [-0.15, -0.1) is 0 Å². The van der Waals surface area contributed by atoms with E-state index in [1.165, 1.54) is 0 Å². The van der Waals surface area contributed by atoms with Crippen molar-refractivity contribution >= 4 is 28.4 Å². The van der Waals surface area contributed by atoms with Crippen molar-refractivity contribution < 1.29 is 14.3 Å². The molecule has 3 aromatic rings. The molecular weight excluding hydrogens is 404 g/mol. The van der Waals surface area contributed by atoms with E-state index in [1.54, 1.807) is 13.1 Å². The van der Waals surface area contributed by atoms with Gasteiger partial charge < -0.3 is 19.9 Å². The van der Waals surface area contributed by atoms with Crippen LogP contribution in [0, 0.1) is 0 Å². The molecule has 0 bridgehead atoms. The minimum atomic E-state index is -0.648. The van der Waals surface area contributed by atoms with Gasteiger partial charge in [0.05, 0.1) is 0 Å². The van der Waals surface area contributed by atoms with Crippen LogP contribution in [0.3, 0.4) is 0 Å². The molecule has 0 aliphatic carbocycles. The van der Waals surface area contributed by atoms with Gasteiger partial charge in [-0.25, -0.2) is 4.98 Å². The van der Waals surface area contributed by atoms with Crippen LogP contribution in [0.5, 0.6) is 5.75 Å². The normalized spacial score (nSPS) is 17.2. The van der Waals surface area contributed by atoms with Gasteiger partial charge in [-0.3, -0.25) is 9.59 Å². The van der Waals surface area contributed by atoms with E-state index < -0.39 is 6.10 Å². The second-order valence-corrected chi connectivity index (χ2v) is 8.02. The maximum atomic E-state index is 13.2. The first kappa shape index (κ1) is 21.6. The summed E-state index contributed by atoms with van der Waals surface area (Å²) in [6.45, 7) is 5.22. The number of nitrogens with one attached hydrogen (secondary N) is 1. The van der Waals surface area contributed by atoms with Gasteiger partial charge in [0.15, 0.2) is 6.10 Å². The average Bonchev–Trinajstić information content (AvgIpc) is 2.83. The van der Waals surface area contributed by atoms with E-state index in [1.807, 2.05) is 78.4 Å². The monoisotopic (exact) mass is 432 g/mol. The van der Waals surface area contributed by atoms with Crippen molar-refractivity contribution in [3.63, 3.8) is 0 Å². The lowest BCUT2D eigenvalue weighted by molar-refractivity contribution is -0.142. The van der Waals surface area contributed by atoms with E-state index >= 15 is 0 Å². The molecule has 2 amide bonds. The molecule has 2 heterocycles. The number of carbonyl (C=O) groups is 2. The summed E-state index contributed by atoms with van der Waals surface area (Å²) in [5.74, 6) is 1.33. The van der Waals surface area contributed by atoms with Crippen LogP contribution in [0.15, 0.2) is 60.8 Å². The molecule has 2 aromatic carbocycles. The number of rotatable bonds is 5. The maximum Gasteiger partial charge on any atom is 0.263 e. The highest BCUT2D eigenvalue weighted by atomic mass is 16.5. The number of piperazine rings is 1. The first-order chi connectivity index (χ1) is 15.5. The number of benzene rings is 2. The fourth-order valence-electron chi connectivity index (χ4n) is 4.19. The van der Waals surface area contributed by atoms with Crippen LogP contribution in [0.1, 0.15) is 24.2 Å². The molecule has 0 unspecified atom stereocenters. The van der Waals surface area contributed by atoms with Gasteiger partial charge >= 0.3 is 0 Å². The number of ether oxygens (including phenoxy) is 1. The number of aromatic nitrogens is 1. The molecule has 1 aliphatic rings. The zero-order valence-electron chi connectivity index (χ0n) is 18.6. The first-order valence-electron chi connectivity index (χ1n) is 10.9. The molecule has 1 aliphatic heterocycles. The lowest BCUT2D eigenvalue weighted by Crippen LogP contribution is -2.57. The third-order valence-corrected chi connectivity index (χ3v) is 5.87. The van der Waals surface area contributed by atoms with E-state index in [4.69, 9.17) is 4.74 Å². The number of nitrogens with zero attached hydrogens (tertiary/aromatic N) is 3. The number of anilines is 1. The number of hydrogen-bond acceptors (Lipinski definition) is 5. The molecule has 2 atom stereocenters. The summed E-state index contributed by atoms with van der Waals surface area (Å²) in [5, 5.41) is 4.92. The largest absolute Gasteiger partial charge is 0.480 e. The smallest absolute Gasteiger partial charge is 0.263 e. The summed E-state index contributed by atoms with van der Waals surface area (Å²) in [5.41, 5.74) is 0.669. The van der Waals surface area contributed by atoms with E-state index in [0.29, 0.717) is 30.9 Å². The van der Waals surface area contributed by atoms with Gasteiger partial charge in [-0.1, -0.05) is 30.3 Å². The summed E-state index contributed by atoms with van der Waals surface area (Å²) < 4.78 is 6.11. The highest BCUT2D eigenvalue weighted by molar-refractivity contribution is 5.96. The molecule has 0 spiro atoms. The molecule has 7 nitrogen and oxygen atoms in total. The molecule has 4 rings (SSSR count). The predicted molar refractivity (Wildman–Crippen MR) is 125 cm³/mol. The summed E-state index contributed by atoms with van der Waals surface area (Å²) in [6.07, 6.45) is 1.07. The van der Waals surface area contributed by atoms with Crippen molar-refractivity contribution in [3.8, 4) is 5.75 Å². The van der Waals surface area contributed by atoms with E-state index in [2.05, 4.69) is 10.3 Å². The number of fused-ring (bicyclic) bond motifs is 1. The predicted octanol–water partition coefficient (Wildman–Crippen LogP) is 3.42. The summed E-state index contributed by atoms with van der Waals surface area (Å²) in [6, 6.07) is 16.8. The quantitative estimate of drug-likeness (QED) is 0.669.